The van der Waals surface area contributed by atoms with Gasteiger partial charge in [-0.2, -0.15) is 0 Å². The number of hydrogen-bond acceptors (Lipinski definition) is 2. The number of amides is 1. The number of rotatable bonds is 7. The minimum Gasteiger partial charge on any atom is -0.480 e. The van der Waals surface area contributed by atoms with E-state index in [1.807, 2.05) is 37.3 Å². The number of carboxylic acid groups (broad SMARTS) is 1. The van der Waals surface area contributed by atoms with E-state index in [4.69, 9.17) is 0 Å². The molecule has 0 saturated heterocycles. The van der Waals surface area contributed by atoms with E-state index in [1.165, 1.54) is 0 Å². The molecule has 0 aliphatic heterocycles. The second kappa shape index (κ2) is 7.08. The molecule has 1 amide bonds. The van der Waals surface area contributed by atoms with Gasteiger partial charge in [-0.15, -0.1) is 0 Å². The van der Waals surface area contributed by atoms with Crippen molar-refractivity contribution in [3.8, 4) is 0 Å². The first kappa shape index (κ1) is 16.2. The molecule has 0 aliphatic carbocycles. The van der Waals surface area contributed by atoms with Crippen LogP contribution >= 0.6 is 0 Å². The summed E-state index contributed by atoms with van der Waals surface area (Å²) in [6, 6.07) is 8.57. The van der Waals surface area contributed by atoms with Gasteiger partial charge in [0.25, 0.3) is 0 Å². The van der Waals surface area contributed by atoms with Crippen LogP contribution < -0.4 is 5.32 Å². The maximum atomic E-state index is 12.4. The minimum absolute atomic E-state index is 0.257. The predicted octanol–water partition coefficient (Wildman–Crippen LogP) is 2.72. The fourth-order valence-corrected chi connectivity index (χ4v) is 1.99. The Morgan fingerprint density at radius 3 is 2.35 bits per heavy atom. The Kier molecular flexibility index (Phi) is 5.74. The third-order valence-corrected chi connectivity index (χ3v) is 3.51. The lowest BCUT2D eigenvalue weighted by atomic mass is 9.83. The van der Waals surface area contributed by atoms with Crippen LogP contribution in [-0.2, 0) is 15.0 Å². The van der Waals surface area contributed by atoms with Crippen molar-refractivity contribution in [2.75, 3.05) is 0 Å². The zero-order valence-electron chi connectivity index (χ0n) is 12.3. The van der Waals surface area contributed by atoms with E-state index in [2.05, 4.69) is 5.32 Å². The average Bonchev–Trinajstić information content (AvgIpc) is 2.43. The van der Waals surface area contributed by atoms with E-state index in [0.717, 1.165) is 18.4 Å². The van der Waals surface area contributed by atoms with Gasteiger partial charge in [0.15, 0.2) is 0 Å². The van der Waals surface area contributed by atoms with Crippen LogP contribution in [0.15, 0.2) is 30.3 Å². The minimum atomic E-state index is -0.976. The Morgan fingerprint density at radius 1 is 1.25 bits per heavy atom. The highest BCUT2D eigenvalue weighted by molar-refractivity contribution is 5.90. The van der Waals surface area contributed by atoms with E-state index in [-0.39, 0.29) is 5.91 Å². The lowest BCUT2D eigenvalue weighted by molar-refractivity contribution is -0.142. The Balaban J connectivity index is 2.80. The molecule has 4 heteroatoms. The molecule has 20 heavy (non-hydrogen) atoms. The van der Waals surface area contributed by atoms with Crippen LogP contribution in [0.25, 0.3) is 0 Å². The standard InChI is InChI=1S/C16H23NO3/c1-4-5-11-13(14(18)19)17-15(20)16(2,3)12-9-7-6-8-10-12/h6-10,13H,4-5,11H2,1-3H3,(H,17,20)(H,18,19). The molecule has 0 saturated carbocycles. The molecule has 1 rings (SSSR count). The smallest absolute Gasteiger partial charge is 0.326 e. The van der Waals surface area contributed by atoms with Crippen LogP contribution in [0.5, 0.6) is 0 Å². The number of hydrogen-bond donors (Lipinski definition) is 2. The lowest BCUT2D eigenvalue weighted by Crippen LogP contribution is -2.48. The fraction of sp³-hybridized carbons (Fsp3) is 0.500. The number of carboxylic acids is 1. The van der Waals surface area contributed by atoms with Crippen molar-refractivity contribution in [1.29, 1.82) is 0 Å². The molecular formula is C16H23NO3. The van der Waals surface area contributed by atoms with Crippen molar-refractivity contribution in [2.45, 2.75) is 51.5 Å². The lowest BCUT2D eigenvalue weighted by Gasteiger charge is -2.26. The topological polar surface area (TPSA) is 66.4 Å². The van der Waals surface area contributed by atoms with Gasteiger partial charge in [-0.3, -0.25) is 4.79 Å². The quantitative estimate of drug-likeness (QED) is 0.805. The number of aliphatic carboxylic acids is 1. The maximum absolute atomic E-state index is 12.4. The summed E-state index contributed by atoms with van der Waals surface area (Å²) in [6.45, 7) is 5.60. The second-order valence-electron chi connectivity index (χ2n) is 5.50. The number of benzene rings is 1. The molecule has 1 atom stereocenters. The second-order valence-corrected chi connectivity index (χ2v) is 5.50. The molecule has 110 valence electrons. The number of carbonyl (C=O) groups is 2. The summed E-state index contributed by atoms with van der Waals surface area (Å²) in [5, 5.41) is 11.8. The third kappa shape index (κ3) is 4.08. The summed E-state index contributed by atoms with van der Waals surface area (Å²) in [5.74, 6) is -1.23. The summed E-state index contributed by atoms with van der Waals surface area (Å²) in [6.07, 6.45) is 2.15. The predicted molar refractivity (Wildman–Crippen MR) is 78.6 cm³/mol. The first-order chi connectivity index (χ1) is 9.39. The third-order valence-electron chi connectivity index (χ3n) is 3.51. The van der Waals surface area contributed by atoms with Crippen LogP contribution in [-0.4, -0.2) is 23.0 Å². The zero-order valence-corrected chi connectivity index (χ0v) is 12.3. The SMILES string of the molecule is CCCCC(NC(=O)C(C)(C)c1ccccc1)C(=O)O. The van der Waals surface area contributed by atoms with Gasteiger partial charge in [-0.05, 0) is 25.8 Å². The van der Waals surface area contributed by atoms with E-state index >= 15 is 0 Å². The summed E-state index contributed by atoms with van der Waals surface area (Å²) in [5.41, 5.74) is 0.124. The number of nitrogens with one attached hydrogen (secondary N) is 1. The van der Waals surface area contributed by atoms with Gasteiger partial charge < -0.3 is 10.4 Å². The van der Waals surface area contributed by atoms with Crippen molar-refractivity contribution in [3.63, 3.8) is 0 Å². The van der Waals surface area contributed by atoms with E-state index < -0.39 is 17.4 Å². The first-order valence-electron chi connectivity index (χ1n) is 6.99. The molecule has 1 aromatic rings. The van der Waals surface area contributed by atoms with Crippen LogP contribution in [0.4, 0.5) is 0 Å². The van der Waals surface area contributed by atoms with E-state index in [0.29, 0.717) is 6.42 Å². The molecule has 1 aromatic carbocycles. The number of unbranched alkanes of at least 4 members (excludes halogenated alkanes) is 1. The molecule has 0 aliphatic rings. The molecule has 0 radical (unpaired) electrons. The summed E-state index contributed by atoms with van der Waals surface area (Å²) in [4.78, 5) is 23.6. The van der Waals surface area contributed by atoms with Crippen LogP contribution in [0.3, 0.4) is 0 Å². The van der Waals surface area contributed by atoms with Crippen molar-refractivity contribution < 1.29 is 14.7 Å². The normalized spacial score (nSPS) is 12.8. The average molecular weight is 277 g/mol. The van der Waals surface area contributed by atoms with Gasteiger partial charge in [0.2, 0.25) is 5.91 Å². The van der Waals surface area contributed by atoms with Crippen molar-refractivity contribution in [1.82, 2.24) is 5.32 Å². The van der Waals surface area contributed by atoms with Gasteiger partial charge in [-0.25, -0.2) is 4.79 Å². The highest BCUT2D eigenvalue weighted by Gasteiger charge is 2.32. The summed E-state index contributed by atoms with van der Waals surface area (Å²) < 4.78 is 0. The molecule has 2 N–H and O–H groups in total. The van der Waals surface area contributed by atoms with E-state index in [1.54, 1.807) is 13.8 Å². The Hall–Kier alpha value is -1.84. The maximum Gasteiger partial charge on any atom is 0.326 e. The molecule has 0 spiro atoms. The van der Waals surface area contributed by atoms with Crippen molar-refractivity contribution in [3.05, 3.63) is 35.9 Å². The van der Waals surface area contributed by atoms with Gasteiger partial charge in [-0.1, -0.05) is 50.1 Å². The van der Waals surface area contributed by atoms with Crippen LogP contribution in [0.1, 0.15) is 45.6 Å². The summed E-state index contributed by atoms with van der Waals surface area (Å²) in [7, 11) is 0. The molecule has 0 heterocycles. The van der Waals surface area contributed by atoms with E-state index in [9.17, 15) is 14.7 Å². The Morgan fingerprint density at radius 2 is 1.85 bits per heavy atom. The van der Waals surface area contributed by atoms with Gasteiger partial charge >= 0.3 is 5.97 Å². The van der Waals surface area contributed by atoms with Crippen molar-refractivity contribution in [2.24, 2.45) is 0 Å². The molecule has 4 nitrogen and oxygen atoms in total. The molecule has 0 aromatic heterocycles. The first-order valence-corrected chi connectivity index (χ1v) is 6.99. The molecule has 0 fully saturated rings. The van der Waals surface area contributed by atoms with Crippen molar-refractivity contribution >= 4 is 11.9 Å². The van der Waals surface area contributed by atoms with Gasteiger partial charge in [0.1, 0.15) is 6.04 Å². The fourth-order valence-electron chi connectivity index (χ4n) is 1.99. The van der Waals surface area contributed by atoms with Gasteiger partial charge in [0.05, 0.1) is 5.41 Å². The Labute approximate surface area is 120 Å². The Bertz CT molecular complexity index is 454. The highest BCUT2D eigenvalue weighted by atomic mass is 16.4. The van der Waals surface area contributed by atoms with Crippen LogP contribution in [0.2, 0.25) is 0 Å². The summed E-state index contributed by atoms with van der Waals surface area (Å²) >= 11 is 0. The van der Waals surface area contributed by atoms with Gasteiger partial charge in [0, 0.05) is 0 Å². The highest BCUT2D eigenvalue weighted by Crippen LogP contribution is 2.23. The van der Waals surface area contributed by atoms with Crippen LogP contribution in [0, 0.1) is 0 Å². The molecule has 1 unspecified atom stereocenters. The molecular weight excluding hydrogens is 254 g/mol. The largest absolute Gasteiger partial charge is 0.480 e. The number of carbonyl (C=O) groups excluding carboxylic acids is 1. The zero-order chi connectivity index (χ0) is 15.2. The monoisotopic (exact) mass is 277 g/mol. The molecule has 0 bridgehead atoms.